The third kappa shape index (κ3) is 3.48. The summed E-state index contributed by atoms with van der Waals surface area (Å²) in [7, 11) is 0. The fourth-order valence-corrected chi connectivity index (χ4v) is 2.06. The Morgan fingerprint density at radius 1 is 1.39 bits per heavy atom. The number of nitrogens with one attached hydrogen (secondary N) is 1. The van der Waals surface area contributed by atoms with Gasteiger partial charge in [-0.05, 0) is 25.2 Å². The number of hydrogen-bond acceptors (Lipinski definition) is 2. The molecule has 0 heterocycles. The first-order valence-electron chi connectivity index (χ1n) is 6.52. The highest BCUT2D eigenvalue weighted by atomic mass is 16.4. The molecule has 5 nitrogen and oxygen atoms in total. The Labute approximate surface area is 107 Å². The number of rotatable bonds is 7. The summed E-state index contributed by atoms with van der Waals surface area (Å²) in [6.07, 6.45) is 6.39. The number of carboxylic acid groups (broad SMARTS) is 1. The third-order valence-electron chi connectivity index (χ3n) is 3.44. The van der Waals surface area contributed by atoms with Gasteiger partial charge in [-0.15, -0.1) is 6.58 Å². The number of urea groups is 1. The Bertz CT molecular complexity index is 348. The first-order chi connectivity index (χ1) is 8.61. The van der Waals surface area contributed by atoms with Crippen LogP contribution in [-0.2, 0) is 4.79 Å². The maximum Gasteiger partial charge on any atom is 0.326 e. The van der Waals surface area contributed by atoms with Crippen molar-refractivity contribution in [1.82, 2.24) is 10.2 Å². The molecule has 2 fully saturated rings. The van der Waals surface area contributed by atoms with E-state index in [9.17, 15) is 9.59 Å². The summed E-state index contributed by atoms with van der Waals surface area (Å²) < 4.78 is 0. The van der Waals surface area contributed by atoms with Crippen LogP contribution in [0.3, 0.4) is 0 Å². The molecule has 1 unspecified atom stereocenters. The minimum atomic E-state index is -0.940. The van der Waals surface area contributed by atoms with E-state index in [0.29, 0.717) is 18.9 Å². The Morgan fingerprint density at radius 3 is 2.50 bits per heavy atom. The summed E-state index contributed by atoms with van der Waals surface area (Å²) in [5.41, 5.74) is 0. The minimum Gasteiger partial charge on any atom is -0.480 e. The molecule has 0 aromatic heterocycles. The standard InChI is InChI=1S/C13H20N2O3/c1-2-7-15(10-5-6-10)13(18)14-11(12(16)17)8-9-3-4-9/h2,9-11H,1,3-8H2,(H,14,18)(H,16,17). The van der Waals surface area contributed by atoms with Gasteiger partial charge in [0.25, 0.3) is 0 Å². The second-order valence-corrected chi connectivity index (χ2v) is 5.19. The van der Waals surface area contributed by atoms with Crippen molar-refractivity contribution in [3.05, 3.63) is 12.7 Å². The van der Waals surface area contributed by atoms with E-state index >= 15 is 0 Å². The molecular weight excluding hydrogens is 232 g/mol. The van der Waals surface area contributed by atoms with Gasteiger partial charge in [0.1, 0.15) is 6.04 Å². The molecule has 2 aliphatic carbocycles. The summed E-state index contributed by atoms with van der Waals surface area (Å²) in [6.45, 7) is 4.11. The van der Waals surface area contributed by atoms with Crippen LogP contribution >= 0.6 is 0 Å². The zero-order chi connectivity index (χ0) is 13.1. The molecule has 0 aromatic rings. The smallest absolute Gasteiger partial charge is 0.326 e. The molecule has 2 amide bonds. The maximum atomic E-state index is 12.0. The van der Waals surface area contributed by atoms with Gasteiger partial charge < -0.3 is 15.3 Å². The fourth-order valence-electron chi connectivity index (χ4n) is 2.06. The van der Waals surface area contributed by atoms with E-state index in [-0.39, 0.29) is 12.1 Å². The second-order valence-electron chi connectivity index (χ2n) is 5.19. The molecule has 100 valence electrons. The monoisotopic (exact) mass is 252 g/mol. The summed E-state index contributed by atoms with van der Waals surface area (Å²) >= 11 is 0. The predicted molar refractivity (Wildman–Crippen MR) is 67.2 cm³/mol. The van der Waals surface area contributed by atoms with Gasteiger partial charge >= 0.3 is 12.0 Å². The zero-order valence-corrected chi connectivity index (χ0v) is 10.5. The lowest BCUT2D eigenvalue weighted by atomic mass is 10.1. The van der Waals surface area contributed by atoms with Crippen LogP contribution in [0, 0.1) is 5.92 Å². The average Bonchev–Trinajstić information content (AvgIpc) is 3.16. The first kappa shape index (κ1) is 12.9. The lowest BCUT2D eigenvalue weighted by molar-refractivity contribution is -0.139. The lowest BCUT2D eigenvalue weighted by Gasteiger charge is -2.23. The van der Waals surface area contributed by atoms with Gasteiger partial charge in [-0.3, -0.25) is 0 Å². The van der Waals surface area contributed by atoms with Gasteiger partial charge in [0, 0.05) is 12.6 Å². The molecule has 2 rings (SSSR count). The number of aliphatic carboxylic acids is 1. The van der Waals surface area contributed by atoms with E-state index in [2.05, 4.69) is 11.9 Å². The maximum absolute atomic E-state index is 12.0. The topological polar surface area (TPSA) is 69.6 Å². The zero-order valence-electron chi connectivity index (χ0n) is 10.5. The molecule has 0 aliphatic heterocycles. The number of hydrogen-bond donors (Lipinski definition) is 2. The highest BCUT2D eigenvalue weighted by molar-refractivity contribution is 5.83. The highest BCUT2D eigenvalue weighted by Gasteiger charge is 2.35. The van der Waals surface area contributed by atoms with Crippen LogP contribution in [0.1, 0.15) is 32.1 Å². The SMILES string of the molecule is C=CCN(C(=O)NC(CC1CC1)C(=O)O)C1CC1. The average molecular weight is 252 g/mol. The second kappa shape index (κ2) is 5.42. The summed E-state index contributed by atoms with van der Waals surface area (Å²) in [6, 6.07) is -0.764. The van der Waals surface area contributed by atoms with E-state index < -0.39 is 12.0 Å². The fraction of sp³-hybridized carbons (Fsp3) is 0.692. The quantitative estimate of drug-likeness (QED) is 0.676. The number of carbonyl (C=O) groups is 2. The van der Waals surface area contributed by atoms with Gasteiger partial charge in [-0.25, -0.2) is 9.59 Å². The van der Waals surface area contributed by atoms with Crippen molar-refractivity contribution in [2.45, 2.75) is 44.2 Å². The van der Waals surface area contributed by atoms with E-state index in [1.807, 2.05) is 0 Å². The first-order valence-corrected chi connectivity index (χ1v) is 6.52. The van der Waals surface area contributed by atoms with E-state index in [0.717, 1.165) is 25.7 Å². The van der Waals surface area contributed by atoms with Crippen LogP contribution in [0.5, 0.6) is 0 Å². The molecule has 0 spiro atoms. The molecular formula is C13H20N2O3. The molecule has 0 saturated heterocycles. The van der Waals surface area contributed by atoms with Gasteiger partial charge in [0.15, 0.2) is 0 Å². The third-order valence-corrected chi connectivity index (χ3v) is 3.44. The molecule has 1 atom stereocenters. The van der Waals surface area contributed by atoms with Crippen molar-refractivity contribution >= 4 is 12.0 Å². The molecule has 18 heavy (non-hydrogen) atoms. The number of nitrogens with zero attached hydrogens (tertiary/aromatic N) is 1. The number of carboxylic acids is 1. The van der Waals surface area contributed by atoms with Crippen LogP contribution in [-0.4, -0.2) is 40.6 Å². The summed E-state index contributed by atoms with van der Waals surface area (Å²) in [5, 5.41) is 11.7. The Morgan fingerprint density at radius 2 is 2.06 bits per heavy atom. The molecule has 2 saturated carbocycles. The van der Waals surface area contributed by atoms with Crippen molar-refractivity contribution < 1.29 is 14.7 Å². The van der Waals surface area contributed by atoms with Crippen molar-refractivity contribution in [3.8, 4) is 0 Å². The Kier molecular flexibility index (Phi) is 3.89. The molecule has 0 bridgehead atoms. The molecule has 0 radical (unpaired) electrons. The van der Waals surface area contributed by atoms with Crippen LogP contribution in [0.25, 0.3) is 0 Å². The molecule has 0 aromatic carbocycles. The van der Waals surface area contributed by atoms with Crippen LogP contribution in [0.2, 0.25) is 0 Å². The van der Waals surface area contributed by atoms with Gasteiger partial charge in [0.05, 0.1) is 0 Å². The largest absolute Gasteiger partial charge is 0.480 e. The lowest BCUT2D eigenvalue weighted by Crippen LogP contribution is -2.49. The van der Waals surface area contributed by atoms with Crippen LogP contribution < -0.4 is 5.32 Å². The summed E-state index contributed by atoms with van der Waals surface area (Å²) in [4.78, 5) is 24.8. The minimum absolute atomic E-state index is 0.262. The van der Waals surface area contributed by atoms with E-state index in [1.54, 1.807) is 11.0 Å². The summed E-state index contributed by atoms with van der Waals surface area (Å²) in [5.74, 6) is -0.468. The normalized spacial score (nSPS) is 20.0. The van der Waals surface area contributed by atoms with Crippen molar-refractivity contribution in [2.75, 3.05) is 6.54 Å². The Balaban J connectivity index is 1.89. The number of carbonyl (C=O) groups excluding carboxylic acids is 1. The highest BCUT2D eigenvalue weighted by Crippen LogP contribution is 2.33. The van der Waals surface area contributed by atoms with Gasteiger partial charge in [0.2, 0.25) is 0 Å². The van der Waals surface area contributed by atoms with Crippen molar-refractivity contribution in [2.24, 2.45) is 5.92 Å². The van der Waals surface area contributed by atoms with E-state index in [4.69, 9.17) is 5.11 Å². The van der Waals surface area contributed by atoms with Crippen LogP contribution in [0.4, 0.5) is 4.79 Å². The van der Waals surface area contributed by atoms with Crippen LogP contribution in [0.15, 0.2) is 12.7 Å². The number of amides is 2. The Hall–Kier alpha value is -1.52. The van der Waals surface area contributed by atoms with Gasteiger partial charge in [-0.1, -0.05) is 18.9 Å². The van der Waals surface area contributed by atoms with Crippen molar-refractivity contribution in [1.29, 1.82) is 0 Å². The van der Waals surface area contributed by atoms with Crippen molar-refractivity contribution in [3.63, 3.8) is 0 Å². The predicted octanol–water partition coefficient (Wildman–Crippen LogP) is 1.60. The molecule has 5 heteroatoms. The van der Waals surface area contributed by atoms with E-state index in [1.165, 1.54) is 0 Å². The molecule has 2 N–H and O–H groups in total. The van der Waals surface area contributed by atoms with Gasteiger partial charge in [-0.2, -0.15) is 0 Å². The molecule has 2 aliphatic rings.